The quantitative estimate of drug-likeness (QED) is 0.0783. The Morgan fingerprint density at radius 3 is 2.07 bits per heavy atom. The monoisotopic (exact) mass is 648 g/mol. The second kappa shape index (κ2) is 21.6. The van der Waals surface area contributed by atoms with Gasteiger partial charge in [0.05, 0.1) is 24.4 Å². The van der Waals surface area contributed by atoms with Gasteiger partial charge in [0, 0.05) is 39.1 Å². The second-order valence-electron chi connectivity index (χ2n) is 13.8. The van der Waals surface area contributed by atoms with Crippen molar-refractivity contribution in [2.75, 3.05) is 19.8 Å². The summed E-state index contributed by atoms with van der Waals surface area (Å²) in [5.41, 5.74) is 0. The third kappa shape index (κ3) is 13.7. The normalized spacial score (nSPS) is 32.2. The van der Waals surface area contributed by atoms with Crippen molar-refractivity contribution in [3.8, 4) is 0 Å². The summed E-state index contributed by atoms with van der Waals surface area (Å²) in [6.07, 6.45) is 27.7. The molecule has 4 fully saturated rings. The molecule has 1 saturated carbocycles. The van der Waals surface area contributed by atoms with E-state index < -0.39 is 0 Å². The number of hydrogen-bond acceptors (Lipinski definition) is 8. The number of unbranched alkanes of at least 4 members (excludes halogenated alkanes) is 3. The maximum absolute atomic E-state index is 11.3. The van der Waals surface area contributed by atoms with Gasteiger partial charge >= 0.3 is 5.97 Å². The fourth-order valence-corrected chi connectivity index (χ4v) is 7.30. The summed E-state index contributed by atoms with van der Waals surface area (Å²) in [5.74, 6) is 0.224. The minimum absolute atomic E-state index is 0.0122. The molecule has 264 valence electrons. The van der Waals surface area contributed by atoms with E-state index in [2.05, 4.69) is 31.2 Å². The highest BCUT2D eigenvalue weighted by molar-refractivity contribution is 5.66. The molecule has 0 radical (unpaired) electrons. The van der Waals surface area contributed by atoms with Crippen LogP contribution in [0.1, 0.15) is 136 Å². The van der Waals surface area contributed by atoms with Crippen LogP contribution in [-0.2, 0) is 38.0 Å². The lowest BCUT2D eigenvalue weighted by atomic mass is 9.89. The standard InChI is InChI=1S/C38H64O8/c1-4-5-8-18-31(44-36-20-11-14-25-40-36)23-24-33-32(19-10-7-6-9-17-29(2)43-30(3)39)34(45-37-21-12-15-26-41-37)28-35(33)46-38-22-13-16-27-42-38/h7,10,23-24,29,31-38H,4-6,8-9,11-22,25-28H2,1-3H3/t29?,31-,32+,33+,34-,35+,36?,37?,38?/m0/s1. The number of rotatable bonds is 19. The number of ether oxygens (including phenoxy) is 7. The summed E-state index contributed by atoms with van der Waals surface area (Å²) in [4.78, 5) is 11.3. The Morgan fingerprint density at radius 1 is 0.804 bits per heavy atom. The first kappa shape index (κ1) is 37.5. The molecule has 8 heteroatoms. The lowest BCUT2D eigenvalue weighted by molar-refractivity contribution is -0.203. The number of esters is 1. The highest BCUT2D eigenvalue weighted by Crippen LogP contribution is 2.42. The van der Waals surface area contributed by atoms with Crippen molar-refractivity contribution in [2.24, 2.45) is 11.8 Å². The smallest absolute Gasteiger partial charge is 0.302 e. The number of carbonyl (C=O) groups is 1. The van der Waals surface area contributed by atoms with Crippen molar-refractivity contribution in [1.29, 1.82) is 0 Å². The van der Waals surface area contributed by atoms with Crippen LogP contribution in [0.3, 0.4) is 0 Å². The van der Waals surface area contributed by atoms with Gasteiger partial charge in [0.1, 0.15) is 0 Å². The van der Waals surface area contributed by atoms with Crippen LogP contribution in [0.25, 0.3) is 0 Å². The van der Waals surface area contributed by atoms with Gasteiger partial charge < -0.3 is 33.2 Å². The molecule has 0 aromatic carbocycles. The first-order chi connectivity index (χ1) is 22.5. The first-order valence-electron chi connectivity index (χ1n) is 18.8. The van der Waals surface area contributed by atoms with E-state index in [0.29, 0.717) is 0 Å². The zero-order valence-corrected chi connectivity index (χ0v) is 29.1. The van der Waals surface area contributed by atoms with E-state index in [1.165, 1.54) is 19.8 Å². The Hall–Kier alpha value is -1.29. The molecule has 0 bridgehead atoms. The maximum Gasteiger partial charge on any atom is 0.302 e. The van der Waals surface area contributed by atoms with Crippen molar-refractivity contribution in [1.82, 2.24) is 0 Å². The van der Waals surface area contributed by atoms with Crippen molar-refractivity contribution in [3.05, 3.63) is 24.3 Å². The van der Waals surface area contributed by atoms with Gasteiger partial charge in [-0.15, -0.1) is 0 Å². The Morgan fingerprint density at radius 2 is 1.46 bits per heavy atom. The van der Waals surface area contributed by atoms with E-state index in [1.807, 2.05) is 6.92 Å². The summed E-state index contributed by atoms with van der Waals surface area (Å²) in [5, 5.41) is 0. The SMILES string of the molecule is CCCCC[C@@H](C=C[C@@H]1[C@@H](CC=CCCCC(C)OC(C)=O)[C@@H](OC2CCCCO2)C[C@H]1OC1CCCCO1)OC1CCCCO1. The van der Waals surface area contributed by atoms with E-state index in [0.717, 1.165) is 123 Å². The van der Waals surface area contributed by atoms with Crippen molar-refractivity contribution in [2.45, 2.75) is 180 Å². The van der Waals surface area contributed by atoms with Gasteiger partial charge in [0.15, 0.2) is 18.9 Å². The van der Waals surface area contributed by atoms with Crippen LogP contribution < -0.4 is 0 Å². The zero-order chi connectivity index (χ0) is 32.4. The van der Waals surface area contributed by atoms with Crippen molar-refractivity contribution >= 4 is 5.97 Å². The molecule has 0 N–H and O–H groups in total. The van der Waals surface area contributed by atoms with E-state index in [-0.39, 0.29) is 61.1 Å². The Bertz CT molecular complexity index is 874. The zero-order valence-electron chi connectivity index (χ0n) is 29.1. The van der Waals surface area contributed by atoms with Crippen LogP contribution in [0.2, 0.25) is 0 Å². The van der Waals surface area contributed by atoms with Gasteiger partial charge in [-0.2, -0.15) is 0 Å². The van der Waals surface area contributed by atoms with Crippen LogP contribution in [0.4, 0.5) is 0 Å². The average molecular weight is 649 g/mol. The molecule has 3 heterocycles. The second-order valence-corrected chi connectivity index (χ2v) is 13.8. The fourth-order valence-electron chi connectivity index (χ4n) is 7.30. The van der Waals surface area contributed by atoms with E-state index in [1.54, 1.807) is 0 Å². The lowest BCUT2D eigenvalue weighted by Crippen LogP contribution is -2.31. The highest BCUT2D eigenvalue weighted by atomic mass is 16.7. The van der Waals surface area contributed by atoms with Crippen LogP contribution in [-0.4, -0.2) is 69.1 Å². The van der Waals surface area contributed by atoms with Gasteiger partial charge in [-0.05, 0) is 103 Å². The average Bonchev–Trinajstić information content (AvgIpc) is 3.37. The summed E-state index contributed by atoms with van der Waals surface area (Å²) in [6.45, 7) is 8.01. The molecular weight excluding hydrogens is 584 g/mol. The molecule has 3 saturated heterocycles. The summed E-state index contributed by atoms with van der Waals surface area (Å²) < 4.78 is 43.5. The third-order valence-corrected chi connectivity index (χ3v) is 9.82. The van der Waals surface area contributed by atoms with Gasteiger partial charge in [0.2, 0.25) is 0 Å². The van der Waals surface area contributed by atoms with Gasteiger partial charge in [0.25, 0.3) is 0 Å². The van der Waals surface area contributed by atoms with Crippen molar-refractivity contribution in [3.63, 3.8) is 0 Å². The van der Waals surface area contributed by atoms with E-state index in [9.17, 15) is 4.79 Å². The summed E-state index contributed by atoms with van der Waals surface area (Å²) >= 11 is 0. The first-order valence-corrected chi connectivity index (χ1v) is 18.8. The largest absolute Gasteiger partial charge is 0.463 e. The minimum atomic E-state index is -0.212. The molecule has 0 aromatic heterocycles. The molecule has 4 rings (SSSR count). The van der Waals surface area contributed by atoms with Crippen molar-refractivity contribution < 1.29 is 38.0 Å². The predicted molar refractivity (Wildman–Crippen MR) is 179 cm³/mol. The third-order valence-electron chi connectivity index (χ3n) is 9.82. The molecule has 46 heavy (non-hydrogen) atoms. The number of carbonyl (C=O) groups excluding carboxylic acids is 1. The number of allylic oxidation sites excluding steroid dienone is 2. The molecule has 8 nitrogen and oxygen atoms in total. The molecule has 3 aliphatic heterocycles. The molecule has 1 aliphatic carbocycles. The molecule has 0 aromatic rings. The molecule has 4 aliphatic rings. The Kier molecular flexibility index (Phi) is 17.6. The highest BCUT2D eigenvalue weighted by Gasteiger charge is 2.45. The number of hydrogen-bond donors (Lipinski definition) is 0. The minimum Gasteiger partial charge on any atom is -0.463 e. The predicted octanol–water partition coefficient (Wildman–Crippen LogP) is 8.56. The van der Waals surface area contributed by atoms with Gasteiger partial charge in [-0.3, -0.25) is 4.79 Å². The fraction of sp³-hybridized carbons (Fsp3) is 0.868. The lowest BCUT2D eigenvalue weighted by Gasteiger charge is -2.30. The summed E-state index contributed by atoms with van der Waals surface area (Å²) in [7, 11) is 0. The Balaban J connectivity index is 1.48. The van der Waals surface area contributed by atoms with Gasteiger partial charge in [-0.25, -0.2) is 0 Å². The maximum atomic E-state index is 11.3. The van der Waals surface area contributed by atoms with Gasteiger partial charge in [-0.1, -0.05) is 50.5 Å². The molecule has 4 unspecified atom stereocenters. The summed E-state index contributed by atoms with van der Waals surface area (Å²) in [6, 6.07) is 0. The van der Waals surface area contributed by atoms with Crippen LogP contribution >= 0.6 is 0 Å². The molecular formula is C38H64O8. The van der Waals surface area contributed by atoms with E-state index >= 15 is 0 Å². The van der Waals surface area contributed by atoms with Crippen LogP contribution in [0, 0.1) is 11.8 Å². The van der Waals surface area contributed by atoms with E-state index in [4.69, 9.17) is 33.2 Å². The topological polar surface area (TPSA) is 81.7 Å². The van der Waals surface area contributed by atoms with Crippen LogP contribution in [0.15, 0.2) is 24.3 Å². The van der Waals surface area contributed by atoms with Crippen LogP contribution in [0.5, 0.6) is 0 Å². The Labute approximate surface area is 279 Å². The molecule has 0 spiro atoms. The molecule has 0 amide bonds. The molecule has 9 atom stereocenters.